The number of guanidine groups is 1. The van der Waals surface area contributed by atoms with E-state index in [1.165, 1.54) is 0 Å². The molecule has 2 aromatic rings. The first kappa shape index (κ1) is 21.0. The summed E-state index contributed by atoms with van der Waals surface area (Å²) in [5, 5.41) is 17.3. The Morgan fingerprint density at radius 1 is 1.26 bits per heavy atom. The number of rotatable bonds is 8. The maximum atomic E-state index is 10.5. The first-order valence-electron chi connectivity index (χ1n) is 9.05. The van der Waals surface area contributed by atoms with E-state index in [1.807, 2.05) is 51.1 Å². The molecular formula is C20H27ClN4O2. The summed E-state index contributed by atoms with van der Waals surface area (Å²) in [7, 11) is 0. The Hall–Kier alpha value is -2.31. The van der Waals surface area contributed by atoms with E-state index in [0.717, 1.165) is 23.4 Å². The Bertz CT molecular complexity index is 735. The monoisotopic (exact) mass is 390 g/mol. The van der Waals surface area contributed by atoms with Gasteiger partial charge in [0.25, 0.3) is 0 Å². The molecule has 0 aliphatic carbocycles. The minimum atomic E-state index is -0.679. The largest absolute Gasteiger partial charge is 0.491 e. The van der Waals surface area contributed by atoms with E-state index < -0.39 is 6.10 Å². The maximum absolute atomic E-state index is 10.5. The first-order valence-corrected chi connectivity index (χ1v) is 9.43. The highest BCUT2D eigenvalue weighted by Crippen LogP contribution is 2.20. The highest BCUT2D eigenvalue weighted by Gasteiger charge is 2.10. The van der Waals surface area contributed by atoms with E-state index in [4.69, 9.17) is 16.3 Å². The van der Waals surface area contributed by atoms with Crippen molar-refractivity contribution >= 4 is 17.6 Å². The van der Waals surface area contributed by atoms with Crippen LogP contribution in [-0.4, -0.2) is 35.2 Å². The number of aliphatic hydroxyl groups excluding tert-OH is 1. The zero-order valence-corrected chi connectivity index (χ0v) is 16.7. The lowest BCUT2D eigenvalue weighted by Crippen LogP contribution is -2.39. The van der Waals surface area contributed by atoms with Crippen LogP contribution in [0.15, 0.2) is 47.6 Å². The third-order valence-electron chi connectivity index (χ3n) is 3.63. The lowest BCUT2D eigenvalue weighted by Gasteiger charge is -2.17. The lowest BCUT2D eigenvalue weighted by atomic mass is 10.1. The van der Waals surface area contributed by atoms with Gasteiger partial charge in [-0.3, -0.25) is 0 Å². The molecule has 2 rings (SSSR count). The topological polar surface area (TPSA) is 78.8 Å². The third-order valence-corrected chi connectivity index (χ3v) is 3.85. The van der Waals surface area contributed by atoms with Gasteiger partial charge >= 0.3 is 0 Å². The molecule has 0 spiro atoms. The summed E-state index contributed by atoms with van der Waals surface area (Å²) in [4.78, 5) is 8.56. The fraction of sp³-hybridized carbons (Fsp3) is 0.400. The molecule has 1 atom stereocenters. The van der Waals surface area contributed by atoms with Crippen molar-refractivity contribution in [2.24, 2.45) is 4.99 Å². The molecule has 1 aromatic heterocycles. The second-order valence-corrected chi connectivity index (χ2v) is 6.71. The number of nitrogens with one attached hydrogen (secondary N) is 2. The summed E-state index contributed by atoms with van der Waals surface area (Å²) in [5.41, 5.74) is 1.74. The predicted octanol–water partition coefficient (Wildman–Crippen LogP) is 3.31. The smallest absolute Gasteiger partial charge is 0.191 e. The maximum Gasteiger partial charge on any atom is 0.191 e. The molecule has 27 heavy (non-hydrogen) atoms. The summed E-state index contributed by atoms with van der Waals surface area (Å²) >= 11 is 5.80. The second kappa shape index (κ2) is 10.7. The quantitative estimate of drug-likeness (QED) is 0.366. The number of aliphatic imine (C=N–C) groups is 1. The highest BCUT2D eigenvalue weighted by molar-refractivity contribution is 6.29. The Balaban J connectivity index is 1.96. The van der Waals surface area contributed by atoms with Crippen LogP contribution in [0.2, 0.25) is 5.15 Å². The molecular weight excluding hydrogens is 364 g/mol. The van der Waals surface area contributed by atoms with Gasteiger partial charge in [-0.1, -0.05) is 29.8 Å². The number of pyridine rings is 1. The van der Waals surface area contributed by atoms with E-state index in [2.05, 4.69) is 20.6 Å². The first-order chi connectivity index (χ1) is 13.0. The van der Waals surface area contributed by atoms with Gasteiger partial charge in [-0.25, -0.2) is 9.98 Å². The van der Waals surface area contributed by atoms with Crippen molar-refractivity contribution in [1.29, 1.82) is 0 Å². The lowest BCUT2D eigenvalue weighted by molar-refractivity contribution is 0.179. The SMILES string of the molecule is CCNC(=NCc1ccc(Cl)nc1)NCC(O)c1cccc(OC(C)C)c1. The molecule has 7 heteroatoms. The molecule has 1 heterocycles. The molecule has 0 radical (unpaired) electrons. The number of hydrogen-bond acceptors (Lipinski definition) is 4. The summed E-state index contributed by atoms with van der Waals surface area (Å²) < 4.78 is 5.68. The van der Waals surface area contributed by atoms with Gasteiger partial charge in [0.15, 0.2) is 5.96 Å². The Labute approximate surface area is 165 Å². The number of aliphatic hydroxyl groups is 1. The fourth-order valence-corrected chi connectivity index (χ4v) is 2.50. The van der Waals surface area contributed by atoms with Crippen molar-refractivity contribution < 1.29 is 9.84 Å². The van der Waals surface area contributed by atoms with E-state index in [0.29, 0.717) is 24.2 Å². The van der Waals surface area contributed by atoms with Crippen LogP contribution in [0, 0.1) is 0 Å². The molecule has 1 unspecified atom stereocenters. The van der Waals surface area contributed by atoms with Crippen molar-refractivity contribution in [3.63, 3.8) is 0 Å². The van der Waals surface area contributed by atoms with Crippen molar-refractivity contribution in [1.82, 2.24) is 15.6 Å². The standard InChI is InChI=1S/C20H27ClN4O2/c1-4-22-20(24-12-15-8-9-19(21)23-11-15)25-13-18(26)16-6-5-7-17(10-16)27-14(2)3/h5-11,14,18,26H,4,12-13H2,1-3H3,(H2,22,24,25). The van der Waals surface area contributed by atoms with Gasteiger partial charge in [0, 0.05) is 19.3 Å². The predicted molar refractivity (Wildman–Crippen MR) is 109 cm³/mol. The normalized spacial score (nSPS) is 12.7. The summed E-state index contributed by atoms with van der Waals surface area (Å²) in [6.07, 6.45) is 1.11. The average molecular weight is 391 g/mol. The average Bonchev–Trinajstić information content (AvgIpc) is 2.64. The fourth-order valence-electron chi connectivity index (χ4n) is 2.39. The van der Waals surface area contributed by atoms with Crippen LogP contribution in [-0.2, 0) is 6.54 Å². The molecule has 0 saturated heterocycles. The number of halogens is 1. The van der Waals surface area contributed by atoms with E-state index in [9.17, 15) is 5.11 Å². The van der Waals surface area contributed by atoms with Gasteiger partial charge in [-0.15, -0.1) is 0 Å². The van der Waals surface area contributed by atoms with Crippen LogP contribution in [0.4, 0.5) is 0 Å². The summed E-state index contributed by atoms with van der Waals surface area (Å²) in [5.74, 6) is 1.37. The van der Waals surface area contributed by atoms with Crippen LogP contribution in [0.5, 0.6) is 5.75 Å². The second-order valence-electron chi connectivity index (χ2n) is 6.32. The third kappa shape index (κ3) is 7.45. The van der Waals surface area contributed by atoms with E-state index >= 15 is 0 Å². The van der Waals surface area contributed by atoms with Crippen molar-refractivity contribution in [3.8, 4) is 5.75 Å². The number of ether oxygens (including phenoxy) is 1. The Morgan fingerprint density at radius 3 is 2.74 bits per heavy atom. The minimum Gasteiger partial charge on any atom is -0.491 e. The molecule has 0 amide bonds. The number of benzene rings is 1. The van der Waals surface area contributed by atoms with Gasteiger partial charge in [0.05, 0.1) is 18.8 Å². The van der Waals surface area contributed by atoms with Crippen molar-refractivity contribution in [3.05, 3.63) is 58.9 Å². The molecule has 0 fully saturated rings. The molecule has 0 saturated carbocycles. The zero-order chi connectivity index (χ0) is 19.6. The summed E-state index contributed by atoms with van der Waals surface area (Å²) in [6.45, 7) is 7.45. The van der Waals surface area contributed by atoms with Gasteiger partial charge < -0.3 is 20.5 Å². The number of hydrogen-bond donors (Lipinski definition) is 3. The van der Waals surface area contributed by atoms with Crippen molar-refractivity contribution in [2.45, 2.75) is 39.5 Å². The molecule has 3 N–H and O–H groups in total. The van der Waals surface area contributed by atoms with Gasteiger partial charge in [-0.2, -0.15) is 0 Å². The Kier molecular flexibility index (Phi) is 8.36. The van der Waals surface area contributed by atoms with E-state index in [1.54, 1.807) is 12.3 Å². The van der Waals surface area contributed by atoms with Crippen LogP contribution in [0.3, 0.4) is 0 Å². The molecule has 0 aliphatic heterocycles. The zero-order valence-electron chi connectivity index (χ0n) is 15.9. The van der Waals surface area contributed by atoms with Crippen molar-refractivity contribution in [2.75, 3.05) is 13.1 Å². The van der Waals surface area contributed by atoms with Gasteiger partial charge in [0.2, 0.25) is 0 Å². The Morgan fingerprint density at radius 2 is 2.07 bits per heavy atom. The van der Waals surface area contributed by atoms with Crippen LogP contribution >= 0.6 is 11.6 Å². The minimum absolute atomic E-state index is 0.0883. The van der Waals surface area contributed by atoms with Gasteiger partial charge in [0.1, 0.15) is 10.9 Å². The van der Waals surface area contributed by atoms with Crippen LogP contribution in [0.1, 0.15) is 38.0 Å². The molecule has 6 nitrogen and oxygen atoms in total. The highest BCUT2D eigenvalue weighted by atomic mass is 35.5. The van der Waals surface area contributed by atoms with Crippen LogP contribution < -0.4 is 15.4 Å². The molecule has 0 aliphatic rings. The number of aromatic nitrogens is 1. The van der Waals surface area contributed by atoms with Crippen LogP contribution in [0.25, 0.3) is 0 Å². The number of nitrogens with zero attached hydrogens (tertiary/aromatic N) is 2. The molecule has 146 valence electrons. The summed E-state index contributed by atoms with van der Waals surface area (Å²) in [6, 6.07) is 11.1. The van der Waals surface area contributed by atoms with E-state index in [-0.39, 0.29) is 6.10 Å². The molecule has 0 bridgehead atoms. The molecule has 1 aromatic carbocycles. The van der Waals surface area contributed by atoms with Gasteiger partial charge in [-0.05, 0) is 50.1 Å².